The van der Waals surface area contributed by atoms with Gasteiger partial charge >= 0.3 is 0 Å². The SMILES string of the molecule is O=c1cc(Cl)nc(C2CC2)n1CCCOc1ccccc1. The van der Waals surface area contributed by atoms with Crippen LogP contribution in [-0.4, -0.2) is 16.2 Å². The van der Waals surface area contributed by atoms with E-state index in [-0.39, 0.29) is 5.56 Å². The van der Waals surface area contributed by atoms with E-state index in [0.717, 1.165) is 30.8 Å². The third-order valence-electron chi connectivity index (χ3n) is 3.49. The van der Waals surface area contributed by atoms with Crippen molar-refractivity contribution in [2.24, 2.45) is 0 Å². The molecule has 0 N–H and O–H groups in total. The first kappa shape index (κ1) is 14.1. The van der Waals surface area contributed by atoms with Crippen molar-refractivity contribution >= 4 is 11.6 Å². The largest absolute Gasteiger partial charge is 0.494 e. The van der Waals surface area contributed by atoms with Gasteiger partial charge in [-0.25, -0.2) is 4.98 Å². The van der Waals surface area contributed by atoms with E-state index in [0.29, 0.717) is 24.2 Å². The number of benzene rings is 1. The zero-order valence-electron chi connectivity index (χ0n) is 11.7. The maximum Gasteiger partial charge on any atom is 0.254 e. The summed E-state index contributed by atoms with van der Waals surface area (Å²) in [7, 11) is 0. The maximum absolute atomic E-state index is 12.1. The van der Waals surface area contributed by atoms with Crippen molar-refractivity contribution in [3.05, 3.63) is 57.7 Å². The van der Waals surface area contributed by atoms with Gasteiger partial charge in [0.1, 0.15) is 16.7 Å². The van der Waals surface area contributed by atoms with E-state index < -0.39 is 0 Å². The molecule has 1 aromatic heterocycles. The van der Waals surface area contributed by atoms with Gasteiger partial charge in [0.05, 0.1) is 6.61 Å². The summed E-state index contributed by atoms with van der Waals surface area (Å²) in [4.78, 5) is 16.4. The molecule has 3 rings (SSSR count). The summed E-state index contributed by atoms with van der Waals surface area (Å²) in [6.07, 6.45) is 2.94. The molecule has 2 aromatic rings. The Morgan fingerprint density at radius 1 is 1.29 bits per heavy atom. The summed E-state index contributed by atoms with van der Waals surface area (Å²) in [5, 5.41) is 0.290. The monoisotopic (exact) mass is 304 g/mol. The highest BCUT2D eigenvalue weighted by molar-refractivity contribution is 6.29. The fourth-order valence-electron chi connectivity index (χ4n) is 2.30. The molecule has 4 nitrogen and oxygen atoms in total. The van der Waals surface area contributed by atoms with Gasteiger partial charge in [0.15, 0.2) is 0 Å². The summed E-state index contributed by atoms with van der Waals surface area (Å²) in [6, 6.07) is 11.1. The number of rotatable bonds is 6. The molecular formula is C16H17ClN2O2. The van der Waals surface area contributed by atoms with E-state index >= 15 is 0 Å². The highest BCUT2D eigenvalue weighted by atomic mass is 35.5. The summed E-state index contributed by atoms with van der Waals surface area (Å²) in [5.41, 5.74) is -0.0726. The molecule has 1 aliphatic carbocycles. The van der Waals surface area contributed by atoms with Crippen LogP contribution in [0.25, 0.3) is 0 Å². The average molecular weight is 305 g/mol. The minimum absolute atomic E-state index is 0.0726. The smallest absolute Gasteiger partial charge is 0.254 e. The van der Waals surface area contributed by atoms with Gasteiger partial charge in [-0.2, -0.15) is 0 Å². The third-order valence-corrected chi connectivity index (χ3v) is 3.68. The van der Waals surface area contributed by atoms with Crippen LogP contribution in [0.15, 0.2) is 41.2 Å². The summed E-state index contributed by atoms with van der Waals surface area (Å²) < 4.78 is 7.38. The zero-order valence-corrected chi connectivity index (χ0v) is 12.4. The van der Waals surface area contributed by atoms with Gasteiger partial charge in [0.25, 0.3) is 5.56 Å². The Morgan fingerprint density at radius 2 is 2.05 bits per heavy atom. The summed E-state index contributed by atoms with van der Waals surface area (Å²) in [6.45, 7) is 1.19. The molecule has 0 amide bonds. The molecule has 110 valence electrons. The molecule has 1 fully saturated rings. The number of hydrogen-bond acceptors (Lipinski definition) is 3. The Labute approximate surface area is 128 Å². The third kappa shape index (κ3) is 3.64. The van der Waals surface area contributed by atoms with E-state index in [4.69, 9.17) is 16.3 Å². The minimum atomic E-state index is -0.0726. The molecule has 0 aliphatic heterocycles. The molecule has 0 bridgehead atoms. The van der Waals surface area contributed by atoms with Gasteiger partial charge < -0.3 is 4.74 Å². The molecule has 21 heavy (non-hydrogen) atoms. The fourth-order valence-corrected chi connectivity index (χ4v) is 2.48. The second kappa shape index (κ2) is 6.31. The van der Waals surface area contributed by atoms with Crippen LogP contribution in [0.2, 0.25) is 5.15 Å². The number of halogens is 1. The second-order valence-corrected chi connectivity index (χ2v) is 5.60. The van der Waals surface area contributed by atoms with E-state index in [9.17, 15) is 4.79 Å². The van der Waals surface area contributed by atoms with Crippen LogP contribution in [0, 0.1) is 0 Å². The lowest BCUT2D eigenvalue weighted by molar-refractivity contribution is 0.299. The van der Waals surface area contributed by atoms with Gasteiger partial charge in [-0.3, -0.25) is 9.36 Å². The molecule has 0 radical (unpaired) electrons. The van der Waals surface area contributed by atoms with Gasteiger partial charge in [0.2, 0.25) is 0 Å². The number of hydrogen-bond donors (Lipinski definition) is 0. The van der Waals surface area contributed by atoms with Gasteiger partial charge in [0, 0.05) is 18.5 Å². The Hall–Kier alpha value is -1.81. The predicted molar refractivity (Wildman–Crippen MR) is 82.0 cm³/mol. The number of para-hydroxylation sites is 1. The lowest BCUT2D eigenvalue weighted by Crippen LogP contribution is -2.25. The van der Waals surface area contributed by atoms with Gasteiger partial charge in [-0.15, -0.1) is 0 Å². The second-order valence-electron chi connectivity index (χ2n) is 5.22. The van der Waals surface area contributed by atoms with Gasteiger partial charge in [-0.05, 0) is 31.4 Å². The standard InChI is InChI=1S/C16H17ClN2O2/c17-14-11-15(20)19(16(18-14)12-7-8-12)9-4-10-21-13-5-2-1-3-6-13/h1-3,5-6,11-12H,4,7-10H2. The van der Waals surface area contributed by atoms with Crippen molar-refractivity contribution in [1.29, 1.82) is 0 Å². The number of ether oxygens (including phenoxy) is 1. The van der Waals surface area contributed by atoms with Crippen molar-refractivity contribution < 1.29 is 4.74 Å². The van der Waals surface area contributed by atoms with Crippen LogP contribution < -0.4 is 10.3 Å². The molecule has 1 saturated carbocycles. The first-order chi connectivity index (χ1) is 10.2. The van der Waals surface area contributed by atoms with Crippen LogP contribution in [0.4, 0.5) is 0 Å². The Kier molecular flexibility index (Phi) is 4.25. The highest BCUT2D eigenvalue weighted by Gasteiger charge is 2.28. The van der Waals surface area contributed by atoms with Crippen molar-refractivity contribution in [1.82, 2.24) is 9.55 Å². The van der Waals surface area contributed by atoms with Gasteiger partial charge in [-0.1, -0.05) is 29.8 Å². The first-order valence-corrected chi connectivity index (χ1v) is 7.57. The van der Waals surface area contributed by atoms with Crippen molar-refractivity contribution in [2.45, 2.75) is 31.7 Å². The predicted octanol–water partition coefficient (Wildman–Crippen LogP) is 3.24. The van der Waals surface area contributed by atoms with Crippen molar-refractivity contribution in [3.8, 4) is 5.75 Å². The lowest BCUT2D eigenvalue weighted by atomic mass is 10.3. The average Bonchev–Trinajstić information content (AvgIpc) is 3.30. The zero-order chi connectivity index (χ0) is 14.7. The Morgan fingerprint density at radius 3 is 2.76 bits per heavy atom. The summed E-state index contributed by atoms with van der Waals surface area (Å²) in [5.74, 6) is 2.07. The summed E-state index contributed by atoms with van der Waals surface area (Å²) >= 11 is 5.89. The molecule has 0 spiro atoms. The van der Waals surface area contributed by atoms with E-state index in [2.05, 4.69) is 4.98 Å². The van der Waals surface area contributed by atoms with Crippen molar-refractivity contribution in [3.63, 3.8) is 0 Å². The first-order valence-electron chi connectivity index (χ1n) is 7.19. The molecule has 0 saturated heterocycles. The lowest BCUT2D eigenvalue weighted by Gasteiger charge is -2.12. The fraction of sp³-hybridized carbons (Fsp3) is 0.375. The number of nitrogens with zero attached hydrogens (tertiary/aromatic N) is 2. The minimum Gasteiger partial charge on any atom is -0.494 e. The van der Waals surface area contributed by atoms with Crippen LogP contribution in [-0.2, 0) is 6.54 Å². The van der Waals surface area contributed by atoms with E-state index in [1.54, 1.807) is 4.57 Å². The highest BCUT2D eigenvalue weighted by Crippen LogP contribution is 2.38. The molecule has 5 heteroatoms. The normalized spacial score (nSPS) is 14.1. The maximum atomic E-state index is 12.1. The van der Waals surface area contributed by atoms with Crippen LogP contribution in [0.3, 0.4) is 0 Å². The van der Waals surface area contributed by atoms with E-state index in [1.165, 1.54) is 6.07 Å². The molecule has 1 aliphatic rings. The Balaban J connectivity index is 1.61. The van der Waals surface area contributed by atoms with Crippen molar-refractivity contribution in [2.75, 3.05) is 6.61 Å². The van der Waals surface area contributed by atoms with Crippen LogP contribution in [0.1, 0.15) is 31.0 Å². The molecule has 1 heterocycles. The Bertz CT molecular complexity index is 666. The van der Waals surface area contributed by atoms with E-state index in [1.807, 2.05) is 30.3 Å². The number of aromatic nitrogens is 2. The molecule has 0 atom stereocenters. The molecule has 0 unspecified atom stereocenters. The topological polar surface area (TPSA) is 44.1 Å². The quantitative estimate of drug-likeness (QED) is 0.608. The molecule has 1 aromatic carbocycles. The van der Waals surface area contributed by atoms with Crippen LogP contribution >= 0.6 is 11.6 Å². The van der Waals surface area contributed by atoms with Crippen LogP contribution in [0.5, 0.6) is 5.75 Å². The molecular weight excluding hydrogens is 288 g/mol.